The number of hydrogen-bond donors (Lipinski definition) is 2. The molecule has 0 saturated carbocycles. The van der Waals surface area contributed by atoms with Gasteiger partial charge in [-0.05, 0) is 30.7 Å². The SMILES string of the molecule is C[C@H](N)c1ccnc(Oc2ccccc2C(N)=O)c1. The van der Waals surface area contributed by atoms with Gasteiger partial charge in [-0.3, -0.25) is 4.79 Å². The Hall–Kier alpha value is -2.40. The molecular formula is C14H15N3O2. The van der Waals surface area contributed by atoms with Crippen LogP contribution in [0.4, 0.5) is 0 Å². The largest absolute Gasteiger partial charge is 0.438 e. The maximum atomic E-state index is 11.3. The number of pyridine rings is 1. The average molecular weight is 257 g/mol. The molecule has 4 N–H and O–H groups in total. The summed E-state index contributed by atoms with van der Waals surface area (Å²) in [6.45, 7) is 1.87. The van der Waals surface area contributed by atoms with E-state index in [0.29, 0.717) is 17.2 Å². The molecule has 19 heavy (non-hydrogen) atoms. The van der Waals surface area contributed by atoms with Crippen LogP contribution < -0.4 is 16.2 Å². The highest BCUT2D eigenvalue weighted by molar-refractivity contribution is 5.95. The van der Waals surface area contributed by atoms with E-state index >= 15 is 0 Å². The summed E-state index contributed by atoms with van der Waals surface area (Å²) in [4.78, 5) is 15.4. The summed E-state index contributed by atoms with van der Waals surface area (Å²) in [5.41, 5.74) is 12.3. The fraction of sp³-hybridized carbons (Fsp3) is 0.143. The van der Waals surface area contributed by atoms with Gasteiger partial charge in [-0.15, -0.1) is 0 Å². The Bertz CT molecular complexity index is 597. The molecule has 1 atom stereocenters. The summed E-state index contributed by atoms with van der Waals surface area (Å²) in [6, 6.07) is 10.2. The van der Waals surface area contributed by atoms with Crippen molar-refractivity contribution < 1.29 is 9.53 Å². The van der Waals surface area contributed by atoms with E-state index in [-0.39, 0.29) is 6.04 Å². The number of aromatic nitrogens is 1. The van der Waals surface area contributed by atoms with Crippen LogP contribution in [0.1, 0.15) is 28.9 Å². The minimum Gasteiger partial charge on any atom is -0.438 e. The van der Waals surface area contributed by atoms with Crippen molar-refractivity contribution in [3.05, 3.63) is 53.7 Å². The minimum absolute atomic E-state index is 0.114. The second kappa shape index (κ2) is 5.49. The Labute approximate surface area is 111 Å². The number of hydrogen-bond acceptors (Lipinski definition) is 4. The predicted molar refractivity (Wildman–Crippen MR) is 71.9 cm³/mol. The highest BCUT2D eigenvalue weighted by atomic mass is 16.5. The van der Waals surface area contributed by atoms with Crippen LogP contribution in [0.3, 0.4) is 0 Å². The van der Waals surface area contributed by atoms with Crippen LogP contribution in [0, 0.1) is 0 Å². The first kappa shape index (κ1) is 13.0. The second-order valence-corrected chi connectivity index (χ2v) is 4.18. The number of rotatable bonds is 4. The third-order valence-electron chi connectivity index (χ3n) is 2.65. The Kier molecular flexibility index (Phi) is 3.77. The molecule has 1 aromatic heterocycles. The Morgan fingerprint density at radius 1 is 1.32 bits per heavy atom. The second-order valence-electron chi connectivity index (χ2n) is 4.18. The van der Waals surface area contributed by atoms with Crippen molar-refractivity contribution in [2.75, 3.05) is 0 Å². The van der Waals surface area contributed by atoms with Gasteiger partial charge in [0.25, 0.3) is 5.91 Å². The van der Waals surface area contributed by atoms with E-state index in [1.807, 2.05) is 13.0 Å². The smallest absolute Gasteiger partial charge is 0.252 e. The standard InChI is InChI=1S/C14H15N3O2/c1-9(15)10-6-7-17-13(8-10)19-12-5-3-2-4-11(12)14(16)18/h2-9H,15H2,1H3,(H2,16,18)/t9-/m0/s1. The number of carbonyl (C=O) groups is 1. The van der Waals surface area contributed by atoms with Crippen LogP contribution in [-0.2, 0) is 0 Å². The zero-order chi connectivity index (χ0) is 13.8. The molecule has 1 aromatic carbocycles. The highest BCUT2D eigenvalue weighted by Crippen LogP contribution is 2.24. The maximum absolute atomic E-state index is 11.3. The molecule has 0 unspecified atom stereocenters. The van der Waals surface area contributed by atoms with Crippen LogP contribution in [0.5, 0.6) is 11.6 Å². The van der Waals surface area contributed by atoms with Crippen molar-refractivity contribution >= 4 is 5.91 Å². The van der Waals surface area contributed by atoms with Crippen molar-refractivity contribution in [3.8, 4) is 11.6 Å². The first-order valence-electron chi connectivity index (χ1n) is 5.86. The molecule has 0 aliphatic rings. The van der Waals surface area contributed by atoms with Gasteiger partial charge < -0.3 is 16.2 Å². The molecule has 0 aliphatic carbocycles. The van der Waals surface area contributed by atoms with Gasteiger partial charge in [0.1, 0.15) is 5.75 Å². The molecule has 0 fully saturated rings. The number of nitrogens with two attached hydrogens (primary N) is 2. The predicted octanol–water partition coefficient (Wildman–Crippen LogP) is 1.99. The molecule has 5 heteroatoms. The Balaban J connectivity index is 2.31. The molecule has 1 amide bonds. The van der Waals surface area contributed by atoms with E-state index in [1.54, 1.807) is 36.5 Å². The molecule has 5 nitrogen and oxygen atoms in total. The van der Waals surface area contributed by atoms with E-state index < -0.39 is 5.91 Å². The third kappa shape index (κ3) is 3.08. The molecule has 0 bridgehead atoms. The van der Waals surface area contributed by atoms with Gasteiger partial charge in [-0.25, -0.2) is 4.98 Å². The van der Waals surface area contributed by atoms with E-state index in [2.05, 4.69) is 4.98 Å². The summed E-state index contributed by atoms with van der Waals surface area (Å²) in [7, 11) is 0. The minimum atomic E-state index is -0.543. The van der Waals surface area contributed by atoms with Gasteiger partial charge in [0.2, 0.25) is 5.88 Å². The molecule has 0 aliphatic heterocycles. The molecule has 1 heterocycles. The van der Waals surface area contributed by atoms with Crippen molar-refractivity contribution in [3.63, 3.8) is 0 Å². The van der Waals surface area contributed by atoms with E-state index in [4.69, 9.17) is 16.2 Å². The van der Waals surface area contributed by atoms with Gasteiger partial charge in [0.15, 0.2) is 0 Å². The van der Waals surface area contributed by atoms with Gasteiger partial charge in [-0.2, -0.15) is 0 Å². The van der Waals surface area contributed by atoms with Crippen LogP contribution in [0.2, 0.25) is 0 Å². The monoisotopic (exact) mass is 257 g/mol. The molecule has 98 valence electrons. The fourth-order valence-electron chi connectivity index (χ4n) is 1.64. The average Bonchev–Trinajstić information content (AvgIpc) is 2.39. The Morgan fingerprint density at radius 2 is 2.05 bits per heavy atom. The molecular weight excluding hydrogens is 242 g/mol. The number of ether oxygens (including phenoxy) is 1. The zero-order valence-electron chi connectivity index (χ0n) is 10.5. The zero-order valence-corrected chi connectivity index (χ0v) is 10.5. The summed E-state index contributed by atoms with van der Waals surface area (Å²) >= 11 is 0. The molecule has 0 spiro atoms. The Morgan fingerprint density at radius 3 is 2.74 bits per heavy atom. The number of nitrogens with zero attached hydrogens (tertiary/aromatic N) is 1. The van der Waals surface area contributed by atoms with Gasteiger partial charge in [0, 0.05) is 18.3 Å². The number of benzene rings is 1. The lowest BCUT2D eigenvalue weighted by Crippen LogP contribution is -2.12. The van der Waals surface area contributed by atoms with Crippen molar-refractivity contribution in [2.45, 2.75) is 13.0 Å². The van der Waals surface area contributed by atoms with Crippen LogP contribution in [-0.4, -0.2) is 10.9 Å². The van der Waals surface area contributed by atoms with Crippen LogP contribution in [0.15, 0.2) is 42.6 Å². The van der Waals surface area contributed by atoms with Crippen molar-refractivity contribution in [2.24, 2.45) is 11.5 Å². The van der Waals surface area contributed by atoms with Gasteiger partial charge >= 0.3 is 0 Å². The lowest BCUT2D eigenvalue weighted by Gasteiger charge is -2.10. The first-order valence-corrected chi connectivity index (χ1v) is 5.86. The van der Waals surface area contributed by atoms with E-state index in [1.165, 1.54) is 0 Å². The maximum Gasteiger partial charge on any atom is 0.252 e. The summed E-state index contributed by atoms with van der Waals surface area (Å²) in [6.07, 6.45) is 1.61. The van der Waals surface area contributed by atoms with E-state index in [0.717, 1.165) is 5.56 Å². The lowest BCUT2D eigenvalue weighted by atomic mass is 10.1. The summed E-state index contributed by atoms with van der Waals surface area (Å²) < 4.78 is 5.59. The summed E-state index contributed by atoms with van der Waals surface area (Å²) in [5.74, 6) is 0.215. The van der Waals surface area contributed by atoms with Crippen molar-refractivity contribution in [1.82, 2.24) is 4.98 Å². The van der Waals surface area contributed by atoms with Gasteiger partial charge in [-0.1, -0.05) is 12.1 Å². The molecule has 2 rings (SSSR count). The topological polar surface area (TPSA) is 91.2 Å². The normalized spacial score (nSPS) is 11.9. The number of primary amides is 1. The van der Waals surface area contributed by atoms with E-state index in [9.17, 15) is 4.79 Å². The molecule has 0 saturated heterocycles. The number of carbonyl (C=O) groups excluding carboxylic acids is 1. The fourth-order valence-corrected chi connectivity index (χ4v) is 1.64. The summed E-state index contributed by atoms with van der Waals surface area (Å²) in [5, 5.41) is 0. The van der Waals surface area contributed by atoms with Gasteiger partial charge in [0.05, 0.1) is 5.56 Å². The first-order chi connectivity index (χ1) is 9.08. The molecule has 2 aromatic rings. The highest BCUT2D eigenvalue weighted by Gasteiger charge is 2.10. The third-order valence-corrected chi connectivity index (χ3v) is 2.65. The molecule has 0 radical (unpaired) electrons. The number of para-hydroxylation sites is 1. The quantitative estimate of drug-likeness (QED) is 0.876. The van der Waals surface area contributed by atoms with Crippen molar-refractivity contribution in [1.29, 1.82) is 0 Å². The van der Waals surface area contributed by atoms with Crippen LogP contribution in [0.25, 0.3) is 0 Å². The number of amides is 1. The lowest BCUT2D eigenvalue weighted by molar-refractivity contribution is 0.0998. The van der Waals surface area contributed by atoms with Crippen LogP contribution >= 0.6 is 0 Å².